The summed E-state index contributed by atoms with van der Waals surface area (Å²) in [7, 11) is 0. The highest BCUT2D eigenvalue weighted by atomic mass is 16.7. The number of carboxylic acid groups (broad SMARTS) is 1. The summed E-state index contributed by atoms with van der Waals surface area (Å²) in [6.45, 7) is 5.87. The van der Waals surface area contributed by atoms with Crippen LogP contribution in [0.1, 0.15) is 278 Å². The standard InChI is InChI=1S/C67H114O12/c1-4-7-10-13-16-19-22-25-28-29-30-31-34-35-38-41-44-47-50-53-59(68)75-56-58(77-60(69)54-51-48-45-42-39-36-32-26-23-20-17-14-11-8-5-2)57-76-67-65(63(72)62(71)64(79-67)66(73)74)78-61(70)55-52-49-46-43-40-37-33-27-24-21-18-15-12-9-6-3/h7,10,16,19,25,27-28,30-31,33,35,38,58,62-65,67,71-72H,4-6,8-9,11-15,17-18,20-24,26,29,32,34,36-37,39-57H2,1-3H3,(H,73,74)/b10-7-,19-16-,28-25-,31-30-,33-27-,38-35-. The Morgan fingerprint density at radius 2 is 0.797 bits per heavy atom. The summed E-state index contributed by atoms with van der Waals surface area (Å²) in [4.78, 5) is 51.3. The van der Waals surface area contributed by atoms with Crippen LogP contribution >= 0.6 is 0 Å². The van der Waals surface area contributed by atoms with Crippen molar-refractivity contribution in [1.29, 1.82) is 0 Å². The SMILES string of the molecule is CC/C=C\C/C=C\C/C=C\C/C=C\C/C=C\CCCCCC(=O)OCC(COC1OC(C(=O)O)C(O)C(O)C1OC(=O)CCCCCCC/C=C\CCCCCCCC)OC(=O)CCCCCCCCCCCCCCCCC. The summed E-state index contributed by atoms with van der Waals surface area (Å²) in [5, 5.41) is 31.5. The van der Waals surface area contributed by atoms with Crippen molar-refractivity contribution in [3.63, 3.8) is 0 Å². The van der Waals surface area contributed by atoms with E-state index in [0.29, 0.717) is 19.3 Å². The third-order valence-corrected chi connectivity index (χ3v) is 14.3. The molecule has 0 bridgehead atoms. The molecule has 1 aliphatic heterocycles. The van der Waals surface area contributed by atoms with E-state index in [-0.39, 0.29) is 25.9 Å². The second-order valence-corrected chi connectivity index (χ2v) is 21.7. The van der Waals surface area contributed by atoms with Crippen LogP contribution in [0.2, 0.25) is 0 Å². The summed E-state index contributed by atoms with van der Waals surface area (Å²) < 4.78 is 28.5. The molecule has 0 aromatic rings. The van der Waals surface area contributed by atoms with Crippen LogP contribution in [0.3, 0.4) is 0 Å². The van der Waals surface area contributed by atoms with E-state index in [9.17, 15) is 34.5 Å². The van der Waals surface area contributed by atoms with Gasteiger partial charge < -0.3 is 39.0 Å². The smallest absolute Gasteiger partial charge is 0.335 e. The van der Waals surface area contributed by atoms with Gasteiger partial charge in [0.15, 0.2) is 24.6 Å². The lowest BCUT2D eigenvalue weighted by molar-refractivity contribution is -0.301. The molecular formula is C67H114O12. The minimum atomic E-state index is -1.91. The number of ether oxygens (including phenoxy) is 5. The molecule has 1 saturated heterocycles. The molecule has 12 nitrogen and oxygen atoms in total. The monoisotopic (exact) mass is 1110 g/mol. The summed E-state index contributed by atoms with van der Waals surface area (Å²) in [6, 6.07) is 0. The summed E-state index contributed by atoms with van der Waals surface area (Å²) in [5.41, 5.74) is 0. The number of aliphatic hydroxyl groups is 2. The van der Waals surface area contributed by atoms with E-state index in [1.54, 1.807) is 0 Å². The largest absolute Gasteiger partial charge is 0.479 e. The van der Waals surface area contributed by atoms with E-state index >= 15 is 0 Å². The van der Waals surface area contributed by atoms with Gasteiger partial charge in [-0.2, -0.15) is 0 Å². The highest BCUT2D eigenvalue weighted by Crippen LogP contribution is 2.27. The van der Waals surface area contributed by atoms with Crippen LogP contribution in [-0.2, 0) is 42.9 Å². The minimum Gasteiger partial charge on any atom is -0.479 e. The number of allylic oxidation sites excluding steroid dienone is 12. The minimum absolute atomic E-state index is 0.0471. The van der Waals surface area contributed by atoms with Crippen LogP contribution in [0.4, 0.5) is 0 Å². The van der Waals surface area contributed by atoms with Crippen molar-refractivity contribution in [2.75, 3.05) is 13.2 Å². The van der Waals surface area contributed by atoms with Crippen LogP contribution in [-0.4, -0.2) is 89.2 Å². The molecule has 0 saturated carbocycles. The highest BCUT2D eigenvalue weighted by molar-refractivity contribution is 5.74. The predicted molar refractivity (Wildman–Crippen MR) is 322 cm³/mol. The van der Waals surface area contributed by atoms with Gasteiger partial charge in [-0.05, 0) is 89.9 Å². The molecule has 12 heteroatoms. The molecular weight excluding hydrogens is 997 g/mol. The van der Waals surface area contributed by atoms with Crippen molar-refractivity contribution in [1.82, 2.24) is 0 Å². The van der Waals surface area contributed by atoms with Gasteiger partial charge in [-0.15, -0.1) is 0 Å². The van der Waals surface area contributed by atoms with Crippen LogP contribution in [0, 0.1) is 0 Å². The van der Waals surface area contributed by atoms with Gasteiger partial charge in [0.1, 0.15) is 18.8 Å². The Morgan fingerprint density at radius 3 is 1.24 bits per heavy atom. The van der Waals surface area contributed by atoms with Crippen LogP contribution in [0.5, 0.6) is 0 Å². The molecule has 0 amide bonds. The number of aliphatic hydroxyl groups excluding tert-OH is 2. The zero-order valence-electron chi connectivity index (χ0n) is 50.1. The Bertz CT molecular complexity index is 1650. The predicted octanol–water partition coefficient (Wildman–Crippen LogP) is 16.9. The molecule has 6 atom stereocenters. The zero-order chi connectivity index (χ0) is 57.5. The number of hydrogen-bond acceptors (Lipinski definition) is 11. The zero-order valence-corrected chi connectivity index (χ0v) is 50.1. The Hall–Kier alpha value is -3.84. The maximum Gasteiger partial charge on any atom is 0.335 e. The Labute approximate surface area is 480 Å². The first-order chi connectivity index (χ1) is 38.6. The van der Waals surface area contributed by atoms with E-state index in [1.165, 1.54) is 109 Å². The normalized spacial score (nSPS) is 18.3. The third-order valence-electron chi connectivity index (χ3n) is 14.3. The van der Waals surface area contributed by atoms with Gasteiger partial charge >= 0.3 is 23.9 Å². The van der Waals surface area contributed by atoms with Crippen LogP contribution in [0.25, 0.3) is 0 Å². The van der Waals surface area contributed by atoms with Crippen molar-refractivity contribution < 1.29 is 58.2 Å². The van der Waals surface area contributed by atoms with Gasteiger partial charge in [0, 0.05) is 19.3 Å². The van der Waals surface area contributed by atoms with E-state index < -0.39 is 67.3 Å². The first kappa shape index (κ1) is 73.2. The summed E-state index contributed by atoms with van der Waals surface area (Å²) in [6.07, 6.45) is 57.2. The highest BCUT2D eigenvalue weighted by Gasteiger charge is 2.50. The molecule has 0 aromatic carbocycles. The Morgan fingerprint density at radius 1 is 0.430 bits per heavy atom. The molecule has 79 heavy (non-hydrogen) atoms. The average Bonchev–Trinajstić information content (AvgIpc) is 3.46. The van der Waals surface area contributed by atoms with Crippen molar-refractivity contribution in [2.45, 2.75) is 314 Å². The van der Waals surface area contributed by atoms with E-state index in [0.717, 1.165) is 109 Å². The van der Waals surface area contributed by atoms with Gasteiger partial charge in [-0.1, -0.05) is 241 Å². The molecule has 1 heterocycles. The fourth-order valence-electron chi connectivity index (χ4n) is 9.39. The lowest BCUT2D eigenvalue weighted by Gasteiger charge is -2.40. The fourth-order valence-corrected chi connectivity index (χ4v) is 9.39. The van der Waals surface area contributed by atoms with Crippen LogP contribution in [0.15, 0.2) is 72.9 Å². The quantitative estimate of drug-likeness (QED) is 0.0228. The van der Waals surface area contributed by atoms with Crippen LogP contribution < -0.4 is 0 Å². The number of carbonyl (C=O) groups is 4. The number of hydrogen-bond donors (Lipinski definition) is 3. The van der Waals surface area contributed by atoms with Gasteiger partial charge in [0.05, 0.1) is 6.61 Å². The van der Waals surface area contributed by atoms with Crippen molar-refractivity contribution in [3.8, 4) is 0 Å². The van der Waals surface area contributed by atoms with E-state index in [1.807, 2.05) is 0 Å². The number of rotatable bonds is 54. The molecule has 454 valence electrons. The molecule has 6 unspecified atom stereocenters. The van der Waals surface area contributed by atoms with E-state index in [2.05, 4.69) is 93.7 Å². The summed E-state index contributed by atoms with van der Waals surface area (Å²) >= 11 is 0. The first-order valence-corrected chi connectivity index (χ1v) is 31.9. The molecule has 1 aliphatic rings. The Balaban J connectivity index is 2.69. The van der Waals surface area contributed by atoms with E-state index in [4.69, 9.17) is 23.7 Å². The maximum atomic E-state index is 13.2. The Kier molecular flexibility index (Phi) is 50.7. The molecule has 0 radical (unpaired) electrons. The lowest BCUT2D eigenvalue weighted by atomic mass is 9.98. The average molecular weight is 1110 g/mol. The molecule has 0 spiro atoms. The van der Waals surface area contributed by atoms with Crippen molar-refractivity contribution >= 4 is 23.9 Å². The van der Waals surface area contributed by atoms with Crippen molar-refractivity contribution in [3.05, 3.63) is 72.9 Å². The number of unbranched alkanes of at least 4 members (excludes halogenated alkanes) is 28. The number of carboxylic acids is 1. The molecule has 0 aromatic heterocycles. The molecule has 1 rings (SSSR count). The number of aliphatic carboxylic acids is 1. The van der Waals surface area contributed by atoms with Gasteiger partial charge in [0.25, 0.3) is 0 Å². The summed E-state index contributed by atoms with van der Waals surface area (Å²) in [5.74, 6) is -3.16. The number of esters is 3. The van der Waals surface area contributed by atoms with Crippen molar-refractivity contribution in [2.24, 2.45) is 0 Å². The second-order valence-electron chi connectivity index (χ2n) is 21.7. The molecule has 1 fully saturated rings. The lowest BCUT2D eigenvalue weighted by Crippen LogP contribution is -2.61. The fraction of sp³-hybridized carbons (Fsp3) is 0.761. The van der Waals surface area contributed by atoms with Gasteiger partial charge in [-0.3, -0.25) is 14.4 Å². The maximum absolute atomic E-state index is 13.2. The topological polar surface area (TPSA) is 175 Å². The van der Waals surface area contributed by atoms with Gasteiger partial charge in [0.2, 0.25) is 0 Å². The first-order valence-electron chi connectivity index (χ1n) is 31.9. The third kappa shape index (κ3) is 44.5. The molecule has 3 N–H and O–H groups in total. The number of carbonyl (C=O) groups excluding carboxylic acids is 3. The van der Waals surface area contributed by atoms with Gasteiger partial charge in [-0.25, -0.2) is 4.79 Å². The second kappa shape index (κ2) is 54.7. The molecule has 0 aliphatic carbocycles.